The van der Waals surface area contributed by atoms with E-state index in [9.17, 15) is 18.3 Å². The van der Waals surface area contributed by atoms with Gasteiger partial charge in [-0.3, -0.25) is 4.79 Å². The number of nitrogens with zero attached hydrogens (tertiary/aromatic N) is 5. The molecule has 11 heteroatoms. The number of fused-ring (bicyclic) bond motifs is 1. The van der Waals surface area contributed by atoms with Gasteiger partial charge in [-0.15, -0.1) is 0 Å². The number of benzene rings is 2. The Bertz CT molecular complexity index is 1580. The molecule has 1 amide bonds. The second-order valence-corrected chi connectivity index (χ2v) is 14.4. The number of likely N-dealkylation sites (tertiary alicyclic amines) is 1. The van der Waals surface area contributed by atoms with Crippen molar-refractivity contribution in [2.45, 2.75) is 48.8 Å². The largest absolute Gasteiger partial charge is 0.393 e. The van der Waals surface area contributed by atoms with E-state index in [4.69, 9.17) is 0 Å². The monoisotopic (exact) mass is 653 g/mol. The number of carbonyl (C=O) groups is 1. The predicted octanol–water partition coefficient (Wildman–Crippen LogP) is 4.11. The van der Waals surface area contributed by atoms with Crippen molar-refractivity contribution in [3.05, 3.63) is 82.5 Å². The maximum atomic E-state index is 14.4. The number of carbonyl (C=O) groups excluding carboxylic acids is 1. The zero-order valence-corrected chi connectivity index (χ0v) is 26.0. The number of aryl methyl sites for hydroxylation is 1. The van der Waals surface area contributed by atoms with Gasteiger partial charge in [0.1, 0.15) is 5.82 Å². The van der Waals surface area contributed by atoms with Gasteiger partial charge in [-0.2, -0.15) is 4.31 Å². The molecule has 2 fully saturated rings. The molecule has 2 aromatic carbocycles. The Balaban J connectivity index is 1.24. The molecule has 4 heterocycles. The highest BCUT2D eigenvalue weighted by Crippen LogP contribution is 2.38. The van der Waals surface area contributed by atoms with Crippen LogP contribution in [0.2, 0.25) is 0 Å². The average molecular weight is 655 g/mol. The fourth-order valence-electron chi connectivity index (χ4n) is 6.61. The van der Waals surface area contributed by atoms with Crippen LogP contribution >= 0.6 is 15.9 Å². The lowest BCUT2D eigenvalue weighted by atomic mass is 9.80. The number of amides is 1. The summed E-state index contributed by atoms with van der Waals surface area (Å²) in [6.45, 7) is 2.25. The van der Waals surface area contributed by atoms with Crippen LogP contribution in [0.3, 0.4) is 0 Å². The summed E-state index contributed by atoms with van der Waals surface area (Å²) in [4.78, 5) is 23.3. The summed E-state index contributed by atoms with van der Waals surface area (Å²) in [5, 5.41) is 10.6. The van der Waals surface area contributed by atoms with Crippen LogP contribution in [0.25, 0.3) is 0 Å². The summed E-state index contributed by atoms with van der Waals surface area (Å²) in [5.74, 6) is 0.327. The van der Waals surface area contributed by atoms with E-state index in [0.717, 1.165) is 16.9 Å². The molecule has 0 bridgehead atoms. The number of halogens is 1. The highest BCUT2D eigenvalue weighted by atomic mass is 79.9. The van der Waals surface area contributed by atoms with Gasteiger partial charge in [-0.1, -0.05) is 52.3 Å². The fraction of sp³-hybridized carbons (Fsp3) is 0.419. The van der Waals surface area contributed by atoms with Crippen LogP contribution in [0.1, 0.15) is 36.3 Å². The molecule has 3 aliphatic rings. The molecular formula is C31H36BrN5O4S. The van der Waals surface area contributed by atoms with Crippen LogP contribution in [0.5, 0.6) is 0 Å². The Kier molecular flexibility index (Phi) is 8.28. The number of sulfonamides is 1. The Hall–Kier alpha value is -2.99. The molecule has 0 aliphatic carbocycles. The smallest absolute Gasteiger partial charge is 0.243 e. The summed E-state index contributed by atoms with van der Waals surface area (Å²) < 4.78 is 31.5. The van der Waals surface area contributed by atoms with Crippen molar-refractivity contribution in [3.8, 4) is 0 Å². The van der Waals surface area contributed by atoms with E-state index in [1.165, 1.54) is 4.31 Å². The first-order valence-electron chi connectivity index (χ1n) is 14.4. The second-order valence-electron chi connectivity index (χ2n) is 11.5. The lowest BCUT2D eigenvalue weighted by molar-refractivity contribution is -0.143. The van der Waals surface area contributed by atoms with Crippen molar-refractivity contribution >= 4 is 44.0 Å². The van der Waals surface area contributed by atoms with Crippen molar-refractivity contribution in [3.63, 3.8) is 0 Å². The predicted molar refractivity (Wildman–Crippen MR) is 165 cm³/mol. The van der Waals surface area contributed by atoms with Crippen molar-refractivity contribution in [2.24, 2.45) is 18.0 Å². The number of hydrogen-bond donors (Lipinski definition) is 1. The van der Waals surface area contributed by atoms with Gasteiger partial charge in [0.05, 0.1) is 23.4 Å². The summed E-state index contributed by atoms with van der Waals surface area (Å²) in [6, 6.07) is 18.4. The van der Waals surface area contributed by atoms with Gasteiger partial charge in [0, 0.05) is 67.8 Å². The van der Waals surface area contributed by atoms with Gasteiger partial charge in [-0.25, -0.2) is 13.4 Å². The minimum Gasteiger partial charge on any atom is -0.393 e. The molecule has 6 rings (SSSR count). The van der Waals surface area contributed by atoms with Crippen LogP contribution in [0.4, 0.5) is 5.82 Å². The van der Waals surface area contributed by atoms with Crippen LogP contribution in [0.15, 0.2) is 81.2 Å². The summed E-state index contributed by atoms with van der Waals surface area (Å²) >= 11 is 3.39. The van der Waals surface area contributed by atoms with Crippen molar-refractivity contribution in [2.75, 3.05) is 26.2 Å². The molecule has 3 aliphatic heterocycles. The van der Waals surface area contributed by atoms with Crippen molar-refractivity contribution < 1.29 is 18.3 Å². The highest BCUT2D eigenvalue weighted by Gasteiger charge is 2.43. The number of hydrogen-bond acceptors (Lipinski definition) is 6. The molecule has 1 aromatic heterocycles. The minimum atomic E-state index is -3.74. The third-order valence-electron chi connectivity index (χ3n) is 8.81. The third-order valence-corrected chi connectivity index (χ3v) is 11.2. The van der Waals surface area contributed by atoms with E-state index in [1.807, 2.05) is 59.4 Å². The standard InChI is InChI=1S/C31H36BrN5O4S/c1-34-13-10-23-18-35(21-33-30(23)34)19-25-17-26(38)11-15-37(25)31(39)28-12-14-36(20-29(28)22-6-3-2-4-7-22)42(40,41)27-9-5-8-24(32)16-27/h2-10,13,16,21,25-26,28-29,38H,11-12,14-15,17-20H2,1H3/t25?,26?,28-,29+/m1/s1. The Morgan fingerprint density at radius 1 is 1.07 bits per heavy atom. The lowest BCUT2D eigenvalue weighted by Crippen LogP contribution is -2.56. The van der Waals surface area contributed by atoms with E-state index >= 15 is 0 Å². The van der Waals surface area contributed by atoms with Crippen LogP contribution < -0.4 is 0 Å². The van der Waals surface area contributed by atoms with Gasteiger partial charge in [0.15, 0.2) is 0 Å². The first-order chi connectivity index (χ1) is 20.2. The molecule has 9 nitrogen and oxygen atoms in total. The molecule has 2 saturated heterocycles. The Morgan fingerprint density at radius 3 is 2.67 bits per heavy atom. The molecule has 222 valence electrons. The average Bonchev–Trinajstić information content (AvgIpc) is 3.36. The van der Waals surface area contributed by atoms with E-state index in [1.54, 1.807) is 24.3 Å². The van der Waals surface area contributed by atoms with E-state index < -0.39 is 16.1 Å². The quantitative estimate of drug-likeness (QED) is 0.432. The van der Waals surface area contributed by atoms with E-state index in [2.05, 4.69) is 31.9 Å². The molecular weight excluding hydrogens is 618 g/mol. The zero-order valence-electron chi connectivity index (χ0n) is 23.6. The summed E-state index contributed by atoms with van der Waals surface area (Å²) in [6.07, 6.45) is 4.84. The van der Waals surface area contributed by atoms with E-state index in [0.29, 0.717) is 43.4 Å². The maximum Gasteiger partial charge on any atom is 0.243 e. The number of rotatable bonds is 6. The molecule has 42 heavy (non-hydrogen) atoms. The van der Waals surface area contributed by atoms with Gasteiger partial charge in [0.25, 0.3) is 0 Å². The molecule has 4 atom stereocenters. The SMILES string of the molecule is Cn1ccc2c1N=CN(CC1CC(O)CCN1C(=O)[C@@H]1CCN(S(=O)(=O)c3cccc(Br)c3)C[C@H]1c1ccccc1)C2. The zero-order chi connectivity index (χ0) is 29.4. The molecule has 0 saturated carbocycles. The van der Waals surface area contributed by atoms with Crippen LogP contribution in [-0.2, 0) is 28.4 Å². The lowest BCUT2D eigenvalue weighted by Gasteiger charge is -2.45. The number of piperidine rings is 2. The van der Waals surface area contributed by atoms with E-state index in [-0.39, 0.29) is 41.8 Å². The number of aromatic nitrogens is 1. The topological polar surface area (TPSA) is 98.4 Å². The molecule has 0 spiro atoms. The summed E-state index contributed by atoms with van der Waals surface area (Å²) in [5.41, 5.74) is 2.09. The third kappa shape index (κ3) is 5.79. The van der Waals surface area contributed by atoms with Gasteiger partial charge in [-0.05, 0) is 49.1 Å². The Labute approximate surface area is 255 Å². The Morgan fingerprint density at radius 2 is 1.88 bits per heavy atom. The fourth-order valence-corrected chi connectivity index (χ4v) is 8.68. The van der Waals surface area contributed by atoms with Gasteiger partial charge < -0.3 is 19.5 Å². The van der Waals surface area contributed by atoms with Gasteiger partial charge in [0.2, 0.25) is 15.9 Å². The molecule has 1 N–H and O–H groups in total. The first kappa shape index (κ1) is 29.1. The first-order valence-corrected chi connectivity index (χ1v) is 16.7. The van der Waals surface area contributed by atoms with Crippen molar-refractivity contribution in [1.29, 1.82) is 0 Å². The second kappa shape index (κ2) is 11.9. The normalized spacial score (nSPS) is 24.9. The molecule has 2 unspecified atom stereocenters. The van der Waals surface area contributed by atoms with Crippen LogP contribution in [-0.4, -0.2) is 82.8 Å². The highest BCUT2D eigenvalue weighted by molar-refractivity contribution is 9.10. The maximum absolute atomic E-state index is 14.4. The van der Waals surface area contributed by atoms with Gasteiger partial charge >= 0.3 is 0 Å². The number of aliphatic imine (C=N–C) groups is 1. The number of aliphatic hydroxyl groups excluding tert-OH is 1. The van der Waals surface area contributed by atoms with Crippen LogP contribution in [0, 0.1) is 5.92 Å². The van der Waals surface area contributed by atoms with Crippen molar-refractivity contribution in [1.82, 2.24) is 18.7 Å². The molecule has 3 aromatic rings. The molecule has 0 radical (unpaired) electrons. The minimum absolute atomic E-state index is 0.0367. The summed E-state index contributed by atoms with van der Waals surface area (Å²) in [7, 11) is -1.76. The number of aliphatic hydroxyl groups is 1.